The van der Waals surface area contributed by atoms with E-state index in [4.69, 9.17) is 4.74 Å². The Morgan fingerprint density at radius 2 is 2.00 bits per heavy atom. The summed E-state index contributed by atoms with van der Waals surface area (Å²) in [6, 6.07) is 7.50. The Balaban J connectivity index is 2.00. The summed E-state index contributed by atoms with van der Waals surface area (Å²) < 4.78 is 5.56. The van der Waals surface area contributed by atoms with E-state index in [1.54, 1.807) is 6.08 Å². The van der Waals surface area contributed by atoms with Crippen LogP contribution < -0.4 is 10.1 Å². The SMILES string of the molecule is CCCCOc1ccc(/C=C2\CC(=O)NC2=O)cc1. The minimum Gasteiger partial charge on any atom is -0.494 e. The number of carbonyl (C=O) groups is 2. The van der Waals surface area contributed by atoms with E-state index in [0.717, 1.165) is 24.2 Å². The first-order valence-electron chi connectivity index (χ1n) is 6.46. The number of carbonyl (C=O) groups excluding carboxylic acids is 2. The van der Waals surface area contributed by atoms with Crippen LogP contribution in [0, 0.1) is 0 Å². The molecule has 0 spiro atoms. The van der Waals surface area contributed by atoms with Gasteiger partial charge in [0.05, 0.1) is 13.0 Å². The van der Waals surface area contributed by atoms with Gasteiger partial charge in [-0.25, -0.2) is 0 Å². The zero-order valence-electron chi connectivity index (χ0n) is 10.9. The van der Waals surface area contributed by atoms with E-state index in [1.807, 2.05) is 24.3 Å². The van der Waals surface area contributed by atoms with Crippen LogP contribution in [0.25, 0.3) is 6.08 Å². The highest BCUT2D eigenvalue weighted by atomic mass is 16.5. The van der Waals surface area contributed by atoms with Crippen LogP contribution >= 0.6 is 0 Å². The molecule has 0 aromatic heterocycles. The summed E-state index contributed by atoms with van der Waals surface area (Å²) in [5.41, 5.74) is 1.40. The predicted octanol–water partition coefficient (Wildman–Crippen LogP) is 2.30. The fourth-order valence-corrected chi connectivity index (χ4v) is 1.82. The second-order valence-corrected chi connectivity index (χ2v) is 4.49. The van der Waals surface area contributed by atoms with E-state index >= 15 is 0 Å². The van der Waals surface area contributed by atoms with Crippen molar-refractivity contribution in [2.45, 2.75) is 26.2 Å². The number of hydrogen-bond donors (Lipinski definition) is 1. The van der Waals surface area contributed by atoms with E-state index in [1.165, 1.54) is 0 Å². The smallest absolute Gasteiger partial charge is 0.254 e. The molecule has 1 saturated heterocycles. The highest BCUT2D eigenvalue weighted by molar-refractivity contribution is 6.15. The minimum absolute atomic E-state index is 0.160. The maximum Gasteiger partial charge on any atom is 0.254 e. The lowest BCUT2D eigenvalue weighted by atomic mass is 10.1. The van der Waals surface area contributed by atoms with Gasteiger partial charge in [-0.3, -0.25) is 14.9 Å². The van der Waals surface area contributed by atoms with Gasteiger partial charge in [0.1, 0.15) is 5.75 Å². The molecule has 19 heavy (non-hydrogen) atoms. The highest BCUT2D eigenvalue weighted by Gasteiger charge is 2.23. The second-order valence-electron chi connectivity index (χ2n) is 4.49. The molecule has 0 unspecified atom stereocenters. The molecule has 0 atom stereocenters. The van der Waals surface area contributed by atoms with Gasteiger partial charge in [-0.1, -0.05) is 25.5 Å². The van der Waals surface area contributed by atoms with E-state index < -0.39 is 0 Å². The summed E-state index contributed by atoms with van der Waals surface area (Å²) >= 11 is 0. The van der Waals surface area contributed by atoms with E-state index in [-0.39, 0.29) is 18.2 Å². The van der Waals surface area contributed by atoms with Crippen molar-refractivity contribution < 1.29 is 14.3 Å². The number of amides is 2. The lowest BCUT2D eigenvalue weighted by Crippen LogP contribution is -2.19. The molecule has 0 bridgehead atoms. The van der Waals surface area contributed by atoms with Gasteiger partial charge in [-0.05, 0) is 30.2 Å². The summed E-state index contributed by atoms with van der Waals surface area (Å²) in [6.45, 7) is 2.83. The van der Waals surface area contributed by atoms with E-state index in [0.29, 0.717) is 12.2 Å². The first-order chi connectivity index (χ1) is 9.19. The number of rotatable bonds is 5. The van der Waals surface area contributed by atoms with Crippen LogP contribution in [-0.4, -0.2) is 18.4 Å². The summed E-state index contributed by atoms with van der Waals surface area (Å²) in [6.07, 6.45) is 4.03. The number of imide groups is 1. The molecule has 0 saturated carbocycles. The number of benzene rings is 1. The molecule has 1 heterocycles. The largest absolute Gasteiger partial charge is 0.494 e. The van der Waals surface area contributed by atoms with Crippen molar-refractivity contribution in [3.8, 4) is 5.75 Å². The van der Waals surface area contributed by atoms with Gasteiger partial charge in [-0.2, -0.15) is 0 Å². The highest BCUT2D eigenvalue weighted by Crippen LogP contribution is 2.18. The standard InChI is InChI=1S/C15H17NO3/c1-2-3-8-19-13-6-4-11(5-7-13)9-12-10-14(17)16-15(12)18/h4-7,9H,2-3,8,10H2,1H3,(H,16,17,18)/b12-9+. The van der Waals surface area contributed by atoms with E-state index in [9.17, 15) is 9.59 Å². The third-order valence-electron chi connectivity index (χ3n) is 2.88. The minimum atomic E-state index is -0.298. The Hall–Kier alpha value is -2.10. The van der Waals surface area contributed by atoms with Gasteiger partial charge in [0.15, 0.2) is 0 Å². The van der Waals surface area contributed by atoms with Crippen LogP contribution in [0.1, 0.15) is 31.7 Å². The number of ether oxygens (including phenoxy) is 1. The summed E-state index contributed by atoms with van der Waals surface area (Å²) in [7, 11) is 0. The van der Waals surface area contributed by atoms with Crippen LogP contribution in [0.2, 0.25) is 0 Å². The van der Waals surface area contributed by atoms with Gasteiger partial charge in [0.2, 0.25) is 5.91 Å². The fraction of sp³-hybridized carbons (Fsp3) is 0.333. The van der Waals surface area contributed by atoms with Crippen molar-refractivity contribution in [1.29, 1.82) is 0 Å². The van der Waals surface area contributed by atoms with Gasteiger partial charge in [-0.15, -0.1) is 0 Å². The Morgan fingerprint density at radius 3 is 2.58 bits per heavy atom. The Labute approximate surface area is 112 Å². The molecule has 4 heteroatoms. The molecule has 0 radical (unpaired) electrons. The van der Waals surface area contributed by atoms with Gasteiger partial charge in [0, 0.05) is 5.57 Å². The zero-order valence-corrected chi connectivity index (χ0v) is 10.9. The molecule has 4 nitrogen and oxygen atoms in total. The Bertz CT molecular complexity index is 503. The predicted molar refractivity (Wildman–Crippen MR) is 72.6 cm³/mol. The normalized spacial score (nSPS) is 16.8. The molecule has 1 N–H and O–H groups in total. The van der Waals surface area contributed by atoms with Gasteiger partial charge in [0.25, 0.3) is 5.91 Å². The molecule has 100 valence electrons. The molecule has 1 aliphatic heterocycles. The van der Waals surface area contributed by atoms with Crippen LogP contribution in [-0.2, 0) is 9.59 Å². The fourth-order valence-electron chi connectivity index (χ4n) is 1.82. The van der Waals surface area contributed by atoms with Crippen LogP contribution in [0.3, 0.4) is 0 Å². The summed E-state index contributed by atoms with van der Waals surface area (Å²) in [5, 5.41) is 2.26. The summed E-state index contributed by atoms with van der Waals surface area (Å²) in [4.78, 5) is 22.5. The van der Waals surface area contributed by atoms with Crippen molar-refractivity contribution >= 4 is 17.9 Å². The van der Waals surface area contributed by atoms with Crippen molar-refractivity contribution in [1.82, 2.24) is 5.32 Å². The summed E-state index contributed by atoms with van der Waals surface area (Å²) in [5.74, 6) is 0.284. The van der Waals surface area contributed by atoms with Crippen molar-refractivity contribution in [2.24, 2.45) is 0 Å². The van der Waals surface area contributed by atoms with Crippen molar-refractivity contribution in [3.05, 3.63) is 35.4 Å². The molecule has 1 aromatic rings. The molecule has 1 aliphatic rings. The third-order valence-corrected chi connectivity index (χ3v) is 2.88. The molecule has 1 aromatic carbocycles. The molecule has 0 aliphatic carbocycles. The number of unbranched alkanes of at least 4 members (excludes halogenated alkanes) is 1. The van der Waals surface area contributed by atoms with E-state index in [2.05, 4.69) is 12.2 Å². The van der Waals surface area contributed by atoms with Crippen LogP contribution in [0.5, 0.6) is 5.75 Å². The molecule has 2 rings (SSSR count). The van der Waals surface area contributed by atoms with Crippen molar-refractivity contribution in [3.63, 3.8) is 0 Å². The molecule has 2 amide bonds. The quantitative estimate of drug-likeness (QED) is 0.501. The van der Waals surface area contributed by atoms with Crippen LogP contribution in [0.4, 0.5) is 0 Å². The number of hydrogen-bond acceptors (Lipinski definition) is 3. The first-order valence-corrected chi connectivity index (χ1v) is 6.46. The Morgan fingerprint density at radius 1 is 1.26 bits per heavy atom. The Kier molecular flexibility index (Phi) is 4.34. The lowest BCUT2D eigenvalue weighted by molar-refractivity contribution is -0.124. The lowest BCUT2D eigenvalue weighted by Gasteiger charge is -2.05. The third kappa shape index (κ3) is 3.68. The molecular weight excluding hydrogens is 242 g/mol. The van der Waals surface area contributed by atoms with Crippen LogP contribution in [0.15, 0.2) is 29.8 Å². The maximum atomic E-state index is 11.4. The second kappa shape index (κ2) is 6.18. The average molecular weight is 259 g/mol. The monoisotopic (exact) mass is 259 g/mol. The topological polar surface area (TPSA) is 55.4 Å². The molecule has 1 fully saturated rings. The van der Waals surface area contributed by atoms with Gasteiger partial charge < -0.3 is 4.74 Å². The van der Waals surface area contributed by atoms with Crippen molar-refractivity contribution in [2.75, 3.05) is 6.61 Å². The van der Waals surface area contributed by atoms with Gasteiger partial charge >= 0.3 is 0 Å². The zero-order chi connectivity index (χ0) is 13.7. The number of nitrogens with one attached hydrogen (secondary N) is 1. The average Bonchev–Trinajstić information content (AvgIpc) is 2.70. The first kappa shape index (κ1) is 13.3. The maximum absolute atomic E-state index is 11.4. The molecular formula is C15H17NO3.